The molecule has 0 spiro atoms. The average Bonchev–Trinajstić information content (AvgIpc) is 2.16. The van der Waals surface area contributed by atoms with Crippen LogP contribution in [0.3, 0.4) is 0 Å². The number of hydrogen-bond acceptors (Lipinski definition) is 2. The van der Waals surface area contributed by atoms with Gasteiger partial charge >= 0.3 is 6.03 Å². The molecule has 0 aromatic heterocycles. The van der Waals surface area contributed by atoms with Crippen LogP contribution in [0.25, 0.3) is 0 Å². The van der Waals surface area contributed by atoms with Gasteiger partial charge in [-0.15, -0.1) is 0 Å². The standard InChI is InChI=1S/C9H20N2O2/c1-4-8(7-12)10-9(13)11(5-2)6-3/h8,12H,4-7H2,1-3H3,(H,10,13)/t8-/m1/s1. The van der Waals surface area contributed by atoms with Crippen molar-refractivity contribution in [3.63, 3.8) is 0 Å². The second-order valence-electron chi connectivity index (χ2n) is 2.91. The summed E-state index contributed by atoms with van der Waals surface area (Å²) in [5.41, 5.74) is 0. The molecule has 2 amide bonds. The van der Waals surface area contributed by atoms with Gasteiger partial charge < -0.3 is 15.3 Å². The molecule has 13 heavy (non-hydrogen) atoms. The van der Waals surface area contributed by atoms with Gasteiger partial charge in [0.1, 0.15) is 0 Å². The summed E-state index contributed by atoms with van der Waals surface area (Å²) in [4.78, 5) is 13.1. The van der Waals surface area contributed by atoms with Gasteiger partial charge in [0.2, 0.25) is 0 Å². The molecule has 0 aromatic rings. The van der Waals surface area contributed by atoms with Gasteiger partial charge in [0.25, 0.3) is 0 Å². The van der Waals surface area contributed by atoms with E-state index in [4.69, 9.17) is 5.11 Å². The Balaban J connectivity index is 3.95. The number of nitrogens with one attached hydrogen (secondary N) is 1. The molecule has 0 fully saturated rings. The average molecular weight is 188 g/mol. The van der Waals surface area contributed by atoms with Crippen LogP contribution in [0, 0.1) is 0 Å². The highest BCUT2D eigenvalue weighted by atomic mass is 16.3. The van der Waals surface area contributed by atoms with Gasteiger partial charge in [-0.2, -0.15) is 0 Å². The van der Waals surface area contributed by atoms with Crippen LogP contribution >= 0.6 is 0 Å². The van der Waals surface area contributed by atoms with E-state index in [-0.39, 0.29) is 18.7 Å². The molecule has 78 valence electrons. The van der Waals surface area contributed by atoms with Crippen molar-refractivity contribution < 1.29 is 9.90 Å². The van der Waals surface area contributed by atoms with Gasteiger partial charge in [0.05, 0.1) is 12.6 Å². The van der Waals surface area contributed by atoms with Crippen molar-refractivity contribution in [2.24, 2.45) is 0 Å². The van der Waals surface area contributed by atoms with Gasteiger partial charge in [-0.25, -0.2) is 4.79 Å². The van der Waals surface area contributed by atoms with Crippen molar-refractivity contribution in [1.82, 2.24) is 10.2 Å². The molecule has 0 rings (SSSR count). The monoisotopic (exact) mass is 188 g/mol. The molecule has 0 aromatic carbocycles. The first-order valence-electron chi connectivity index (χ1n) is 4.85. The summed E-state index contributed by atoms with van der Waals surface area (Å²) in [6, 6.07) is -0.209. The highest BCUT2D eigenvalue weighted by molar-refractivity contribution is 5.74. The smallest absolute Gasteiger partial charge is 0.317 e. The highest BCUT2D eigenvalue weighted by Gasteiger charge is 2.12. The Morgan fingerprint density at radius 3 is 2.23 bits per heavy atom. The second-order valence-corrected chi connectivity index (χ2v) is 2.91. The number of amides is 2. The van der Waals surface area contributed by atoms with Gasteiger partial charge in [0, 0.05) is 13.1 Å². The van der Waals surface area contributed by atoms with Crippen LogP contribution in [0.4, 0.5) is 4.79 Å². The Hall–Kier alpha value is -0.770. The Morgan fingerprint density at radius 2 is 1.92 bits per heavy atom. The van der Waals surface area contributed by atoms with Crippen molar-refractivity contribution in [3.8, 4) is 0 Å². The Kier molecular flexibility index (Phi) is 6.32. The highest BCUT2D eigenvalue weighted by Crippen LogP contribution is 1.93. The molecule has 0 saturated carbocycles. The summed E-state index contributed by atoms with van der Waals surface area (Å²) in [5, 5.41) is 11.6. The Labute approximate surface area is 79.9 Å². The zero-order chi connectivity index (χ0) is 10.3. The van der Waals surface area contributed by atoms with Crippen molar-refractivity contribution in [1.29, 1.82) is 0 Å². The number of hydrogen-bond donors (Lipinski definition) is 2. The minimum absolute atomic E-state index is 0.00348. The lowest BCUT2D eigenvalue weighted by atomic mass is 10.2. The summed E-state index contributed by atoms with van der Waals surface area (Å²) in [6.07, 6.45) is 0.753. The summed E-state index contributed by atoms with van der Waals surface area (Å²) in [7, 11) is 0. The van der Waals surface area contributed by atoms with Gasteiger partial charge in [-0.05, 0) is 20.3 Å². The number of aliphatic hydroxyl groups is 1. The SMILES string of the molecule is CC[C@H](CO)NC(=O)N(CC)CC. The molecule has 4 nitrogen and oxygen atoms in total. The molecular weight excluding hydrogens is 168 g/mol. The van der Waals surface area contributed by atoms with Crippen LogP contribution in [0.5, 0.6) is 0 Å². The van der Waals surface area contributed by atoms with E-state index >= 15 is 0 Å². The number of carbonyl (C=O) groups excluding carboxylic acids is 1. The predicted octanol–water partition coefficient (Wildman–Crippen LogP) is 0.809. The largest absolute Gasteiger partial charge is 0.394 e. The Morgan fingerprint density at radius 1 is 1.38 bits per heavy atom. The van der Waals surface area contributed by atoms with E-state index in [1.807, 2.05) is 20.8 Å². The molecule has 2 N–H and O–H groups in total. The maximum absolute atomic E-state index is 11.4. The van der Waals surface area contributed by atoms with Crippen molar-refractivity contribution in [2.75, 3.05) is 19.7 Å². The number of rotatable bonds is 5. The minimum atomic E-state index is -0.118. The number of urea groups is 1. The van der Waals surface area contributed by atoms with Crippen molar-refractivity contribution >= 4 is 6.03 Å². The second kappa shape index (κ2) is 6.71. The molecule has 0 aliphatic rings. The summed E-state index contributed by atoms with van der Waals surface area (Å²) < 4.78 is 0. The summed E-state index contributed by atoms with van der Waals surface area (Å²) in [5.74, 6) is 0. The maximum Gasteiger partial charge on any atom is 0.317 e. The molecule has 0 bridgehead atoms. The molecule has 0 aliphatic heterocycles. The predicted molar refractivity (Wildman–Crippen MR) is 52.6 cm³/mol. The van der Waals surface area contributed by atoms with Gasteiger partial charge in [-0.3, -0.25) is 0 Å². The molecule has 0 aliphatic carbocycles. The van der Waals surface area contributed by atoms with Crippen LogP contribution in [-0.4, -0.2) is 41.8 Å². The van der Waals surface area contributed by atoms with E-state index in [2.05, 4.69) is 5.32 Å². The van der Waals surface area contributed by atoms with E-state index in [1.54, 1.807) is 4.90 Å². The fraction of sp³-hybridized carbons (Fsp3) is 0.889. The third-order valence-electron chi connectivity index (χ3n) is 2.09. The molecule has 1 atom stereocenters. The van der Waals surface area contributed by atoms with E-state index in [0.29, 0.717) is 13.1 Å². The third-order valence-corrected chi connectivity index (χ3v) is 2.09. The van der Waals surface area contributed by atoms with E-state index in [1.165, 1.54) is 0 Å². The van der Waals surface area contributed by atoms with Crippen LogP contribution < -0.4 is 5.32 Å². The van der Waals surface area contributed by atoms with Crippen LogP contribution in [-0.2, 0) is 0 Å². The summed E-state index contributed by atoms with van der Waals surface area (Å²) >= 11 is 0. The molecule has 0 saturated heterocycles. The van der Waals surface area contributed by atoms with Gasteiger partial charge in [0.15, 0.2) is 0 Å². The molecular formula is C9H20N2O2. The third kappa shape index (κ3) is 4.12. The fourth-order valence-electron chi connectivity index (χ4n) is 1.05. The fourth-order valence-corrected chi connectivity index (χ4v) is 1.05. The first kappa shape index (κ1) is 12.2. The molecule has 0 heterocycles. The van der Waals surface area contributed by atoms with E-state index < -0.39 is 0 Å². The quantitative estimate of drug-likeness (QED) is 0.670. The van der Waals surface area contributed by atoms with E-state index in [9.17, 15) is 4.79 Å². The molecule has 4 heteroatoms. The lowest BCUT2D eigenvalue weighted by Crippen LogP contribution is -2.45. The zero-order valence-corrected chi connectivity index (χ0v) is 8.71. The van der Waals surface area contributed by atoms with Crippen LogP contribution in [0.2, 0.25) is 0 Å². The van der Waals surface area contributed by atoms with Gasteiger partial charge in [-0.1, -0.05) is 6.92 Å². The van der Waals surface area contributed by atoms with Crippen molar-refractivity contribution in [2.45, 2.75) is 33.2 Å². The molecule has 0 radical (unpaired) electrons. The lowest BCUT2D eigenvalue weighted by Gasteiger charge is -2.22. The minimum Gasteiger partial charge on any atom is -0.394 e. The first-order valence-corrected chi connectivity index (χ1v) is 4.85. The first-order chi connectivity index (χ1) is 6.19. The maximum atomic E-state index is 11.4. The number of aliphatic hydroxyl groups excluding tert-OH is 1. The topological polar surface area (TPSA) is 52.6 Å². The lowest BCUT2D eigenvalue weighted by molar-refractivity contribution is 0.185. The number of carbonyl (C=O) groups is 1. The van der Waals surface area contributed by atoms with E-state index in [0.717, 1.165) is 6.42 Å². The Bertz CT molecular complexity index is 143. The zero-order valence-electron chi connectivity index (χ0n) is 8.71. The molecule has 0 unspecified atom stereocenters. The number of nitrogens with zero attached hydrogens (tertiary/aromatic N) is 1. The van der Waals surface area contributed by atoms with Crippen LogP contribution in [0.15, 0.2) is 0 Å². The van der Waals surface area contributed by atoms with Crippen LogP contribution in [0.1, 0.15) is 27.2 Å². The normalized spacial score (nSPS) is 12.3. The van der Waals surface area contributed by atoms with Crippen molar-refractivity contribution in [3.05, 3.63) is 0 Å². The summed E-state index contributed by atoms with van der Waals surface area (Å²) in [6.45, 7) is 7.20.